The SMILES string of the molecule is CC(C)(C)OC(=O)N1C2COCC1CC(O)(CCCc1ccccc1)C2. The van der Waals surface area contributed by atoms with Gasteiger partial charge < -0.3 is 14.6 Å². The number of benzene rings is 1. The van der Waals surface area contributed by atoms with Gasteiger partial charge in [0.25, 0.3) is 0 Å². The van der Waals surface area contributed by atoms with Crippen molar-refractivity contribution in [3.63, 3.8) is 0 Å². The molecule has 144 valence electrons. The number of aliphatic hydroxyl groups is 1. The van der Waals surface area contributed by atoms with E-state index in [1.807, 2.05) is 39.0 Å². The Labute approximate surface area is 156 Å². The summed E-state index contributed by atoms with van der Waals surface area (Å²) in [5.41, 5.74) is 0.0491. The minimum absolute atomic E-state index is 0.112. The lowest BCUT2D eigenvalue weighted by molar-refractivity contribution is -0.140. The van der Waals surface area contributed by atoms with Crippen LogP contribution in [0.15, 0.2) is 30.3 Å². The van der Waals surface area contributed by atoms with Gasteiger partial charge in [-0.15, -0.1) is 0 Å². The maximum Gasteiger partial charge on any atom is 0.410 e. The molecule has 2 bridgehead atoms. The molecule has 1 N–H and O–H groups in total. The molecule has 2 heterocycles. The summed E-state index contributed by atoms with van der Waals surface area (Å²) < 4.78 is 11.2. The minimum Gasteiger partial charge on any atom is -0.444 e. The molecule has 0 aromatic heterocycles. The van der Waals surface area contributed by atoms with Gasteiger partial charge in [-0.3, -0.25) is 4.90 Å². The molecular formula is C21H31NO4. The summed E-state index contributed by atoms with van der Waals surface area (Å²) >= 11 is 0. The van der Waals surface area contributed by atoms with Crippen LogP contribution in [0.5, 0.6) is 0 Å². The average molecular weight is 361 g/mol. The lowest BCUT2D eigenvalue weighted by Crippen LogP contribution is -2.64. The Balaban J connectivity index is 1.60. The monoisotopic (exact) mass is 361 g/mol. The highest BCUT2D eigenvalue weighted by Crippen LogP contribution is 2.38. The number of nitrogens with zero attached hydrogens (tertiary/aromatic N) is 1. The second kappa shape index (κ2) is 7.57. The van der Waals surface area contributed by atoms with Crippen molar-refractivity contribution in [2.45, 2.75) is 76.2 Å². The lowest BCUT2D eigenvalue weighted by Gasteiger charge is -2.51. The Morgan fingerprint density at radius 2 is 1.85 bits per heavy atom. The fourth-order valence-electron chi connectivity index (χ4n) is 4.16. The van der Waals surface area contributed by atoms with Crippen LogP contribution < -0.4 is 0 Å². The predicted octanol–water partition coefficient (Wildman–Crippen LogP) is 3.54. The number of rotatable bonds is 4. The number of morpholine rings is 1. The molecule has 0 spiro atoms. The number of fused-ring (bicyclic) bond motifs is 2. The second-order valence-electron chi connectivity index (χ2n) is 8.70. The third kappa shape index (κ3) is 4.77. The number of hydrogen-bond acceptors (Lipinski definition) is 4. The van der Waals surface area contributed by atoms with Crippen LogP contribution in [0.1, 0.15) is 52.0 Å². The zero-order valence-corrected chi connectivity index (χ0v) is 16.1. The van der Waals surface area contributed by atoms with Crippen LogP contribution in [-0.2, 0) is 15.9 Å². The van der Waals surface area contributed by atoms with E-state index in [9.17, 15) is 9.90 Å². The van der Waals surface area contributed by atoms with E-state index in [1.165, 1.54) is 5.56 Å². The Bertz CT molecular complexity index is 596. The van der Waals surface area contributed by atoms with E-state index < -0.39 is 11.2 Å². The van der Waals surface area contributed by atoms with Crippen LogP contribution >= 0.6 is 0 Å². The number of carbonyl (C=O) groups excluding carboxylic acids is 1. The van der Waals surface area contributed by atoms with Crippen molar-refractivity contribution < 1.29 is 19.4 Å². The highest BCUT2D eigenvalue weighted by atomic mass is 16.6. The number of piperidine rings is 1. The van der Waals surface area contributed by atoms with Crippen molar-refractivity contribution in [1.29, 1.82) is 0 Å². The molecular weight excluding hydrogens is 330 g/mol. The molecule has 1 amide bonds. The highest BCUT2D eigenvalue weighted by Gasteiger charge is 2.48. The van der Waals surface area contributed by atoms with E-state index in [2.05, 4.69) is 12.1 Å². The normalized spacial score (nSPS) is 28.7. The molecule has 1 aromatic carbocycles. The first-order valence-electron chi connectivity index (χ1n) is 9.61. The molecule has 0 radical (unpaired) electrons. The second-order valence-corrected chi connectivity index (χ2v) is 8.70. The summed E-state index contributed by atoms with van der Waals surface area (Å²) in [4.78, 5) is 14.4. The van der Waals surface area contributed by atoms with Gasteiger partial charge in [0.05, 0.1) is 30.9 Å². The summed E-state index contributed by atoms with van der Waals surface area (Å²) in [6, 6.07) is 10.1. The van der Waals surface area contributed by atoms with Gasteiger partial charge in [-0.1, -0.05) is 30.3 Å². The van der Waals surface area contributed by atoms with E-state index in [-0.39, 0.29) is 18.2 Å². The van der Waals surface area contributed by atoms with Crippen LogP contribution in [0.2, 0.25) is 0 Å². The number of aryl methyl sites for hydroxylation is 1. The van der Waals surface area contributed by atoms with Gasteiger partial charge in [0.1, 0.15) is 5.60 Å². The first-order valence-corrected chi connectivity index (χ1v) is 9.61. The first kappa shape index (κ1) is 19.2. The molecule has 0 aliphatic carbocycles. The summed E-state index contributed by atoms with van der Waals surface area (Å²) in [7, 11) is 0. The summed E-state index contributed by atoms with van der Waals surface area (Å²) in [6.07, 6.45) is 3.46. The molecule has 2 unspecified atom stereocenters. The molecule has 5 heteroatoms. The van der Waals surface area contributed by atoms with Crippen LogP contribution in [0.3, 0.4) is 0 Å². The molecule has 2 aliphatic heterocycles. The maximum absolute atomic E-state index is 12.6. The lowest BCUT2D eigenvalue weighted by atomic mass is 9.78. The highest BCUT2D eigenvalue weighted by molar-refractivity contribution is 5.69. The van der Waals surface area contributed by atoms with Gasteiger partial charge in [0, 0.05) is 0 Å². The largest absolute Gasteiger partial charge is 0.444 e. The van der Waals surface area contributed by atoms with Gasteiger partial charge in [-0.25, -0.2) is 4.79 Å². The zero-order chi connectivity index (χ0) is 18.8. The predicted molar refractivity (Wildman–Crippen MR) is 100 cm³/mol. The van der Waals surface area contributed by atoms with Gasteiger partial charge in [0.2, 0.25) is 0 Å². The number of ether oxygens (including phenoxy) is 2. The van der Waals surface area contributed by atoms with E-state index in [0.717, 1.165) is 19.3 Å². The van der Waals surface area contributed by atoms with E-state index in [1.54, 1.807) is 4.90 Å². The Hall–Kier alpha value is -1.59. The van der Waals surface area contributed by atoms with Crippen LogP contribution in [0.25, 0.3) is 0 Å². The molecule has 2 atom stereocenters. The quantitative estimate of drug-likeness (QED) is 0.891. The molecule has 0 saturated carbocycles. The third-order valence-corrected chi connectivity index (χ3v) is 5.19. The molecule has 1 aromatic rings. The third-order valence-electron chi connectivity index (χ3n) is 5.19. The van der Waals surface area contributed by atoms with E-state index >= 15 is 0 Å². The van der Waals surface area contributed by atoms with Crippen LogP contribution in [0, 0.1) is 0 Å². The van der Waals surface area contributed by atoms with Crippen LogP contribution in [0.4, 0.5) is 4.79 Å². The average Bonchev–Trinajstić information content (AvgIpc) is 2.53. The number of amides is 1. The van der Waals surface area contributed by atoms with Crippen molar-refractivity contribution in [2.75, 3.05) is 13.2 Å². The van der Waals surface area contributed by atoms with Crippen molar-refractivity contribution in [3.05, 3.63) is 35.9 Å². The molecule has 5 nitrogen and oxygen atoms in total. The fourth-order valence-corrected chi connectivity index (χ4v) is 4.16. The van der Waals surface area contributed by atoms with Crippen molar-refractivity contribution in [2.24, 2.45) is 0 Å². The van der Waals surface area contributed by atoms with E-state index in [0.29, 0.717) is 26.1 Å². The Morgan fingerprint density at radius 1 is 1.23 bits per heavy atom. The zero-order valence-electron chi connectivity index (χ0n) is 16.1. The summed E-state index contributed by atoms with van der Waals surface area (Å²) in [6.45, 7) is 6.57. The molecule has 3 rings (SSSR count). The maximum atomic E-state index is 12.6. The molecule has 2 aliphatic rings. The van der Waals surface area contributed by atoms with Crippen molar-refractivity contribution >= 4 is 6.09 Å². The van der Waals surface area contributed by atoms with Crippen molar-refractivity contribution in [3.8, 4) is 0 Å². The standard InChI is InChI=1S/C21H31NO4/c1-20(2,3)26-19(23)22-17-12-21(24,13-18(22)15-25-14-17)11-7-10-16-8-5-4-6-9-16/h4-6,8-9,17-18,24H,7,10-15H2,1-3H3. The fraction of sp³-hybridized carbons (Fsp3) is 0.667. The van der Waals surface area contributed by atoms with Crippen LogP contribution in [-0.4, -0.2) is 52.6 Å². The van der Waals surface area contributed by atoms with Gasteiger partial charge in [0.15, 0.2) is 0 Å². The number of carbonyl (C=O) groups is 1. The molecule has 2 fully saturated rings. The molecule has 26 heavy (non-hydrogen) atoms. The van der Waals surface area contributed by atoms with Crippen molar-refractivity contribution in [1.82, 2.24) is 4.90 Å². The summed E-state index contributed by atoms with van der Waals surface area (Å²) in [5, 5.41) is 11.2. The summed E-state index contributed by atoms with van der Waals surface area (Å²) in [5.74, 6) is 0. The van der Waals surface area contributed by atoms with Gasteiger partial charge in [-0.2, -0.15) is 0 Å². The molecule has 2 saturated heterocycles. The Kier molecular flexibility index (Phi) is 5.58. The van der Waals surface area contributed by atoms with Gasteiger partial charge in [-0.05, 0) is 58.4 Å². The smallest absolute Gasteiger partial charge is 0.410 e. The minimum atomic E-state index is -0.730. The van der Waals surface area contributed by atoms with E-state index in [4.69, 9.17) is 9.47 Å². The number of hydrogen-bond donors (Lipinski definition) is 1. The topological polar surface area (TPSA) is 59.0 Å². The Morgan fingerprint density at radius 3 is 2.42 bits per heavy atom. The van der Waals surface area contributed by atoms with Gasteiger partial charge >= 0.3 is 6.09 Å². The first-order chi connectivity index (χ1) is 12.3.